The molecule has 0 spiro atoms. The number of aromatic nitrogens is 1. The molecular formula is C24H25N2OS+. The monoisotopic (exact) mass is 389 g/mol. The highest BCUT2D eigenvalue weighted by Gasteiger charge is 2.24. The Labute approximate surface area is 172 Å². The maximum atomic E-state index is 11.1. The summed E-state index contributed by atoms with van der Waals surface area (Å²) in [5, 5.41) is 14.4. The van der Waals surface area contributed by atoms with Crippen LogP contribution in [0.4, 0.5) is 5.69 Å². The fraction of sp³-hybridized carbons (Fsp3) is 0.167. The van der Waals surface area contributed by atoms with Gasteiger partial charge in [-0.2, -0.15) is 4.57 Å². The number of hydrogen-bond acceptors (Lipinski definition) is 2. The topological polar surface area (TPSA) is 36.1 Å². The fourth-order valence-corrected chi connectivity index (χ4v) is 3.37. The van der Waals surface area contributed by atoms with E-state index in [4.69, 9.17) is 12.2 Å². The molecule has 0 fully saturated rings. The van der Waals surface area contributed by atoms with Gasteiger partial charge in [0.05, 0.1) is 0 Å². The highest BCUT2D eigenvalue weighted by molar-refractivity contribution is 7.81. The Morgan fingerprint density at radius 1 is 0.857 bits per heavy atom. The number of nitrogens with zero attached hydrogens (tertiary/aromatic N) is 1. The molecule has 1 aromatic heterocycles. The van der Waals surface area contributed by atoms with E-state index >= 15 is 0 Å². The van der Waals surface area contributed by atoms with Crippen molar-refractivity contribution in [2.24, 2.45) is 0 Å². The first-order valence-electron chi connectivity index (χ1n) is 9.23. The van der Waals surface area contributed by atoms with Gasteiger partial charge in [0.15, 0.2) is 23.1 Å². The second-order valence-electron chi connectivity index (χ2n) is 7.05. The van der Waals surface area contributed by atoms with Gasteiger partial charge < -0.3 is 10.4 Å². The molecule has 0 radical (unpaired) electrons. The number of nitrogens with one attached hydrogen (secondary N) is 1. The van der Waals surface area contributed by atoms with E-state index in [2.05, 4.69) is 25.2 Å². The molecule has 0 aliphatic carbocycles. The average molecular weight is 390 g/mol. The molecule has 142 valence electrons. The maximum Gasteiger partial charge on any atom is 0.288 e. The molecule has 0 aliphatic heterocycles. The Kier molecular flexibility index (Phi) is 5.90. The quantitative estimate of drug-likeness (QED) is 0.266. The summed E-state index contributed by atoms with van der Waals surface area (Å²) >= 11 is 5.72. The Balaban J connectivity index is 2.08. The van der Waals surface area contributed by atoms with Gasteiger partial charge in [-0.15, -0.1) is 0 Å². The first kappa shape index (κ1) is 19.8. The van der Waals surface area contributed by atoms with Crippen molar-refractivity contribution in [3.63, 3.8) is 0 Å². The van der Waals surface area contributed by atoms with Crippen LogP contribution in [0.3, 0.4) is 0 Å². The normalized spacial score (nSPS) is 11.7. The van der Waals surface area contributed by atoms with Gasteiger partial charge in [-0.3, -0.25) is 0 Å². The van der Waals surface area contributed by atoms with Gasteiger partial charge in [0.2, 0.25) is 0 Å². The minimum atomic E-state index is 0.140. The Bertz CT molecular complexity index is 1060. The first-order chi connectivity index (χ1) is 13.4. The SMILES string of the molecule is Cc1ccc(NC(=S)/C(=C(/O)c2ccc(C)c(C)c2)[n+]2ccccc2)c(C)c1. The molecule has 0 saturated carbocycles. The molecular weight excluding hydrogens is 364 g/mol. The minimum absolute atomic E-state index is 0.140. The Morgan fingerprint density at radius 2 is 1.57 bits per heavy atom. The number of rotatable bonds is 4. The molecule has 1 heterocycles. The number of aliphatic hydroxyl groups is 1. The molecule has 0 amide bonds. The van der Waals surface area contributed by atoms with Crippen molar-refractivity contribution in [1.82, 2.24) is 0 Å². The van der Waals surface area contributed by atoms with Crippen LogP contribution < -0.4 is 9.88 Å². The lowest BCUT2D eigenvalue weighted by molar-refractivity contribution is -0.575. The minimum Gasteiger partial charge on any atom is -0.502 e. The van der Waals surface area contributed by atoms with Gasteiger partial charge in [-0.1, -0.05) is 48.1 Å². The van der Waals surface area contributed by atoms with E-state index < -0.39 is 0 Å². The summed E-state index contributed by atoms with van der Waals surface area (Å²) < 4.78 is 1.84. The second kappa shape index (κ2) is 8.36. The summed E-state index contributed by atoms with van der Waals surface area (Å²) in [6.45, 7) is 8.19. The Morgan fingerprint density at radius 3 is 2.21 bits per heavy atom. The number of benzene rings is 2. The molecule has 2 N–H and O–H groups in total. The van der Waals surface area contributed by atoms with Crippen LogP contribution in [0.2, 0.25) is 0 Å². The lowest BCUT2D eigenvalue weighted by atomic mass is 10.0. The fourth-order valence-electron chi connectivity index (χ4n) is 3.06. The summed E-state index contributed by atoms with van der Waals surface area (Å²) in [6, 6.07) is 17.8. The van der Waals surface area contributed by atoms with Crippen molar-refractivity contribution in [3.05, 3.63) is 94.8 Å². The molecule has 0 aliphatic rings. The number of thiocarbonyl (C=S) groups is 1. The zero-order valence-corrected chi connectivity index (χ0v) is 17.5. The lowest BCUT2D eigenvalue weighted by Gasteiger charge is -2.13. The van der Waals surface area contributed by atoms with Gasteiger partial charge in [0.25, 0.3) is 5.70 Å². The van der Waals surface area contributed by atoms with E-state index in [0.29, 0.717) is 10.7 Å². The van der Waals surface area contributed by atoms with Crippen LogP contribution in [0.5, 0.6) is 0 Å². The molecule has 0 atom stereocenters. The zero-order valence-electron chi connectivity index (χ0n) is 16.7. The van der Waals surface area contributed by atoms with Gasteiger partial charge in [-0.05, 0) is 56.5 Å². The van der Waals surface area contributed by atoms with Crippen LogP contribution >= 0.6 is 12.2 Å². The summed E-state index contributed by atoms with van der Waals surface area (Å²) in [4.78, 5) is 0.457. The van der Waals surface area contributed by atoms with Gasteiger partial charge in [0.1, 0.15) is 0 Å². The number of aryl methyl sites for hydroxylation is 4. The number of anilines is 1. The largest absolute Gasteiger partial charge is 0.502 e. The molecule has 4 heteroatoms. The van der Waals surface area contributed by atoms with Crippen molar-refractivity contribution < 1.29 is 9.67 Å². The highest BCUT2D eigenvalue weighted by Crippen LogP contribution is 2.23. The first-order valence-corrected chi connectivity index (χ1v) is 9.64. The predicted octanol–water partition coefficient (Wildman–Crippen LogP) is 5.53. The van der Waals surface area contributed by atoms with Crippen LogP contribution in [-0.2, 0) is 0 Å². The molecule has 3 rings (SSSR count). The van der Waals surface area contributed by atoms with Gasteiger partial charge in [-0.25, -0.2) is 0 Å². The van der Waals surface area contributed by atoms with Crippen LogP contribution in [0.15, 0.2) is 67.0 Å². The van der Waals surface area contributed by atoms with Crippen molar-refractivity contribution in [2.45, 2.75) is 27.7 Å². The lowest BCUT2D eigenvalue weighted by Crippen LogP contribution is -2.38. The van der Waals surface area contributed by atoms with E-state index in [1.165, 1.54) is 11.1 Å². The smallest absolute Gasteiger partial charge is 0.288 e. The number of hydrogen-bond donors (Lipinski definition) is 2. The van der Waals surface area contributed by atoms with Crippen LogP contribution in [0.1, 0.15) is 27.8 Å². The number of pyridine rings is 1. The van der Waals surface area contributed by atoms with Gasteiger partial charge in [0, 0.05) is 23.4 Å². The molecule has 3 nitrogen and oxygen atoms in total. The van der Waals surface area contributed by atoms with Crippen LogP contribution in [0, 0.1) is 27.7 Å². The predicted molar refractivity (Wildman–Crippen MR) is 120 cm³/mol. The summed E-state index contributed by atoms with van der Waals surface area (Å²) in [6.07, 6.45) is 3.76. The third-order valence-electron chi connectivity index (χ3n) is 4.82. The summed E-state index contributed by atoms with van der Waals surface area (Å²) in [5.74, 6) is 0.140. The highest BCUT2D eigenvalue weighted by atomic mass is 32.1. The third kappa shape index (κ3) is 4.29. The molecule has 0 saturated heterocycles. The van der Waals surface area contributed by atoms with Crippen LogP contribution in [-0.4, -0.2) is 10.1 Å². The molecule has 3 aromatic rings. The second-order valence-corrected chi connectivity index (χ2v) is 7.46. The van der Waals surface area contributed by atoms with Gasteiger partial charge >= 0.3 is 0 Å². The van der Waals surface area contributed by atoms with E-state index in [9.17, 15) is 5.11 Å². The molecule has 28 heavy (non-hydrogen) atoms. The third-order valence-corrected chi connectivity index (χ3v) is 5.12. The van der Waals surface area contributed by atoms with Crippen LogP contribution in [0.25, 0.3) is 11.5 Å². The maximum absolute atomic E-state index is 11.1. The molecule has 2 aromatic carbocycles. The van der Waals surface area contributed by atoms with Crippen molar-refractivity contribution >= 4 is 34.3 Å². The zero-order chi connectivity index (χ0) is 20.3. The van der Waals surface area contributed by atoms with E-state index in [0.717, 1.165) is 22.4 Å². The Hall–Kier alpha value is -2.98. The van der Waals surface area contributed by atoms with E-state index in [1.807, 2.05) is 79.3 Å². The molecule has 0 bridgehead atoms. The summed E-state index contributed by atoms with van der Waals surface area (Å²) in [5.41, 5.74) is 6.80. The summed E-state index contributed by atoms with van der Waals surface area (Å²) in [7, 11) is 0. The van der Waals surface area contributed by atoms with Crippen molar-refractivity contribution in [3.8, 4) is 0 Å². The standard InChI is InChI=1S/C24H24N2OS/c1-16-8-11-21(19(4)14-16)25-24(28)22(26-12-6-5-7-13-26)23(27)20-10-9-17(2)18(3)15-20/h5-15H,1-4H3,(H-,25,27,28)/p+1. The van der Waals surface area contributed by atoms with E-state index in [1.54, 1.807) is 0 Å². The van der Waals surface area contributed by atoms with Crippen molar-refractivity contribution in [2.75, 3.05) is 5.32 Å². The average Bonchev–Trinajstić information content (AvgIpc) is 2.67. The van der Waals surface area contributed by atoms with Crippen molar-refractivity contribution in [1.29, 1.82) is 0 Å². The number of aliphatic hydroxyl groups excluding tert-OH is 1. The molecule has 0 unspecified atom stereocenters. The van der Waals surface area contributed by atoms with E-state index in [-0.39, 0.29) is 5.76 Å².